The van der Waals surface area contributed by atoms with Crippen molar-refractivity contribution >= 4 is 11.6 Å². The zero-order valence-electron chi connectivity index (χ0n) is 10.6. The van der Waals surface area contributed by atoms with Gasteiger partial charge in [0.2, 0.25) is 0 Å². The lowest BCUT2D eigenvalue weighted by atomic mass is 10.00. The SMILES string of the molecule is Nc1ccc(C(=O)N2CC3CCC(O)C3C2)cc1F. The van der Waals surface area contributed by atoms with Gasteiger partial charge < -0.3 is 15.7 Å². The largest absolute Gasteiger partial charge is 0.396 e. The number of aliphatic hydroxyl groups is 1. The van der Waals surface area contributed by atoms with Crippen LogP contribution in [0.1, 0.15) is 23.2 Å². The fourth-order valence-electron chi connectivity index (χ4n) is 3.25. The maximum absolute atomic E-state index is 13.4. The lowest BCUT2D eigenvalue weighted by Gasteiger charge is -2.18. The van der Waals surface area contributed by atoms with Crippen LogP contribution in [-0.2, 0) is 0 Å². The highest BCUT2D eigenvalue weighted by molar-refractivity contribution is 5.94. The third-order valence-corrected chi connectivity index (χ3v) is 4.35. The van der Waals surface area contributed by atoms with Gasteiger partial charge in [-0.25, -0.2) is 4.39 Å². The molecule has 19 heavy (non-hydrogen) atoms. The van der Waals surface area contributed by atoms with Gasteiger partial charge in [0.1, 0.15) is 5.82 Å². The molecule has 2 fully saturated rings. The molecule has 0 radical (unpaired) electrons. The smallest absolute Gasteiger partial charge is 0.253 e. The van der Waals surface area contributed by atoms with E-state index in [0.29, 0.717) is 24.6 Å². The maximum Gasteiger partial charge on any atom is 0.253 e. The van der Waals surface area contributed by atoms with Crippen LogP contribution in [0.5, 0.6) is 0 Å². The molecule has 2 aliphatic rings. The topological polar surface area (TPSA) is 66.6 Å². The average Bonchev–Trinajstić information content (AvgIpc) is 2.95. The molecule has 1 aliphatic carbocycles. The van der Waals surface area contributed by atoms with Crippen LogP contribution < -0.4 is 5.73 Å². The molecule has 5 heteroatoms. The fraction of sp³-hybridized carbons (Fsp3) is 0.500. The van der Waals surface area contributed by atoms with Gasteiger partial charge in [-0.3, -0.25) is 4.79 Å². The molecule has 0 aromatic heterocycles. The van der Waals surface area contributed by atoms with Crippen LogP contribution in [0.15, 0.2) is 18.2 Å². The van der Waals surface area contributed by atoms with Gasteiger partial charge >= 0.3 is 0 Å². The van der Waals surface area contributed by atoms with Crippen LogP contribution in [0.4, 0.5) is 10.1 Å². The molecule has 1 saturated heterocycles. The minimum Gasteiger partial charge on any atom is -0.396 e. The zero-order chi connectivity index (χ0) is 13.6. The van der Waals surface area contributed by atoms with E-state index in [1.807, 2.05) is 0 Å². The van der Waals surface area contributed by atoms with Gasteiger partial charge in [0.05, 0.1) is 11.8 Å². The number of nitrogens with two attached hydrogens (primary N) is 1. The highest BCUT2D eigenvalue weighted by Gasteiger charge is 2.43. The molecule has 0 bridgehead atoms. The number of aliphatic hydroxyl groups excluding tert-OH is 1. The third kappa shape index (κ3) is 2.08. The molecule has 3 atom stereocenters. The van der Waals surface area contributed by atoms with E-state index in [4.69, 9.17) is 5.73 Å². The van der Waals surface area contributed by atoms with Gasteiger partial charge in [0.15, 0.2) is 0 Å². The van der Waals surface area contributed by atoms with Crippen LogP contribution in [0, 0.1) is 17.7 Å². The Morgan fingerprint density at radius 2 is 2.16 bits per heavy atom. The molecular weight excluding hydrogens is 247 g/mol. The van der Waals surface area contributed by atoms with Crippen molar-refractivity contribution in [3.63, 3.8) is 0 Å². The van der Waals surface area contributed by atoms with Crippen molar-refractivity contribution in [2.75, 3.05) is 18.8 Å². The predicted molar refractivity (Wildman–Crippen MR) is 68.9 cm³/mol. The molecule has 1 aliphatic heterocycles. The summed E-state index contributed by atoms with van der Waals surface area (Å²) in [4.78, 5) is 14.0. The lowest BCUT2D eigenvalue weighted by molar-refractivity contribution is 0.0752. The summed E-state index contributed by atoms with van der Waals surface area (Å²) in [5, 5.41) is 9.84. The van der Waals surface area contributed by atoms with E-state index in [0.717, 1.165) is 12.8 Å². The first-order chi connectivity index (χ1) is 9.06. The summed E-state index contributed by atoms with van der Waals surface area (Å²) < 4.78 is 13.4. The minimum absolute atomic E-state index is 0.0465. The number of benzene rings is 1. The fourth-order valence-corrected chi connectivity index (χ4v) is 3.25. The molecule has 1 heterocycles. The zero-order valence-corrected chi connectivity index (χ0v) is 10.6. The molecule has 1 saturated carbocycles. The number of carbonyl (C=O) groups excluding carboxylic acids is 1. The molecular formula is C14H17FN2O2. The van der Waals surface area contributed by atoms with Crippen molar-refractivity contribution in [2.24, 2.45) is 11.8 Å². The predicted octanol–water partition coefficient (Wildman–Crippen LogP) is 1.25. The number of nitrogen functional groups attached to an aromatic ring is 1. The number of amides is 1. The molecule has 3 unspecified atom stereocenters. The summed E-state index contributed by atoms with van der Waals surface area (Å²) in [7, 11) is 0. The average molecular weight is 264 g/mol. The summed E-state index contributed by atoms with van der Waals surface area (Å²) in [5.74, 6) is -0.175. The normalized spacial score (nSPS) is 29.6. The second-order valence-electron chi connectivity index (χ2n) is 5.52. The first kappa shape index (κ1) is 12.4. The standard InChI is InChI=1S/C14H17FN2O2/c15-11-5-8(1-3-12(11)16)14(19)17-6-9-2-4-13(18)10(9)7-17/h1,3,5,9-10,13,18H,2,4,6-7,16H2. The van der Waals surface area contributed by atoms with Crippen molar-refractivity contribution in [1.82, 2.24) is 4.90 Å². The number of halogens is 1. The Hall–Kier alpha value is -1.62. The number of carbonyl (C=O) groups is 1. The van der Waals surface area contributed by atoms with Gasteiger partial charge in [-0.05, 0) is 37.0 Å². The van der Waals surface area contributed by atoms with Crippen LogP contribution in [0.2, 0.25) is 0 Å². The molecule has 1 amide bonds. The van der Waals surface area contributed by atoms with E-state index in [2.05, 4.69) is 0 Å². The summed E-state index contributed by atoms with van der Waals surface area (Å²) >= 11 is 0. The summed E-state index contributed by atoms with van der Waals surface area (Å²) in [6.07, 6.45) is 1.49. The summed E-state index contributed by atoms with van der Waals surface area (Å²) in [6.45, 7) is 1.23. The van der Waals surface area contributed by atoms with Gasteiger partial charge in [-0.2, -0.15) is 0 Å². The summed E-state index contributed by atoms with van der Waals surface area (Å²) in [6, 6.07) is 4.14. The monoisotopic (exact) mass is 264 g/mol. The van der Waals surface area contributed by atoms with E-state index in [9.17, 15) is 14.3 Å². The van der Waals surface area contributed by atoms with Crippen LogP contribution in [0.3, 0.4) is 0 Å². The molecule has 3 N–H and O–H groups in total. The number of hydrogen-bond acceptors (Lipinski definition) is 3. The van der Waals surface area contributed by atoms with Gasteiger partial charge in [-0.15, -0.1) is 0 Å². The lowest BCUT2D eigenvalue weighted by Crippen LogP contribution is -2.31. The van der Waals surface area contributed by atoms with E-state index in [-0.39, 0.29) is 23.6 Å². The third-order valence-electron chi connectivity index (χ3n) is 4.35. The Kier molecular flexibility index (Phi) is 2.93. The number of likely N-dealkylation sites (tertiary alicyclic amines) is 1. The molecule has 1 aromatic rings. The Labute approximate surface area is 111 Å². The van der Waals surface area contributed by atoms with E-state index < -0.39 is 5.82 Å². The first-order valence-electron chi connectivity index (χ1n) is 6.58. The molecule has 4 nitrogen and oxygen atoms in total. The quantitative estimate of drug-likeness (QED) is 0.750. The second-order valence-corrected chi connectivity index (χ2v) is 5.52. The molecule has 1 aromatic carbocycles. The second kappa shape index (κ2) is 4.49. The van der Waals surface area contributed by atoms with Crippen molar-refractivity contribution < 1.29 is 14.3 Å². The van der Waals surface area contributed by atoms with Crippen LogP contribution >= 0.6 is 0 Å². The highest BCUT2D eigenvalue weighted by Crippen LogP contribution is 2.38. The Balaban J connectivity index is 1.76. The molecule has 102 valence electrons. The Morgan fingerprint density at radius 3 is 2.84 bits per heavy atom. The van der Waals surface area contributed by atoms with E-state index in [1.165, 1.54) is 12.1 Å². The number of rotatable bonds is 1. The van der Waals surface area contributed by atoms with Crippen molar-refractivity contribution in [3.8, 4) is 0 Å². The number of hydrogen-bond donors (Lipinski definition) is 2. The minimum atomic E-state index is -0.565. The first-order valence-corrected chi connectivity index (χ1v) is 6.58. The van der Waals surface area contributed by atoms with Crippen LogP contribution in [0.25, 0.3) is 0 Å². The Morgan fingerprint density at radius 1 is 1.37 bits per heavy atom. The molecule has 3 rings (SSSR count). The summed E-state index contributed by atoms with van der Waals surface area (Å²) in [5.41, 5.74) is 5.77. The van der Waals surface area contributed by atoms with Crippen molar-refractivity contribution in [1.29, 1.82) is 0 Å². The number of nitrogens with zero attached hydrogens (tertiary/aromatic N) is 1. The number of anilines is 1. The molecule has 0 spiro atoms. The van der Waals surface area contributed by atoms with Crippen LogP contribution in [-0.4, -0.2) is 35.1 Å². The van der Waals surface area contributed by atoms with Gasteiger partial charge in [0.25, 0.3) is 5.91 Å². The van der Waals surface area contributed by atoms with E-state index >= 15 is 0 Å². The number of fused-ring (bicyclic) bond motifs is 1. The Bertz CT molecular complexity index is 520. The van der Waals surface area contributed by atoms with Gasteiger partial charge in [0, 0.05) is 24.6 Å². The van der Waals surface area contributed by atoms with Crippen molar-refractivity contribution in [2.45, 2.75) is 18.9 Å². The maximum atomic E-state index is 13.4. The van der Waals surface area contributed by atoms with Gasteiger partial charge in [-0.1, -0.05) is 0 Å². The highest BCUT2D eigenvalue weighted by atomic mass is 19.1. The van der Waals surface area contributed by atoms with Crippen molar-refractivity contribution in [3.05, 3.63) is 29.6 Å². The van der Waals surface area contributed by atoms with E-state index in [1.54, 1.807) is 11.0 Å².